The SMILES string of the molecule is CCOC(=O)CCCCCC[C@@H]1C(=CC=C(CCCC(C)(C)C)OC(C)=O)CC[C@H]1OC(C)=O. The Balaban J connectivity index is 2.75. The molecule has 1 aliphatic carbocycles. The standard InChI is InChI=1S/C28H46O6/c1-7-32-27(31)15-11-9-8-10-14-25-23(17-19-26(25)34-22(3)30)16-18-24(33-21(2)29)13-12-20-28(4,5)6/h16,18,25-26H,7-15,17,19-20H2,1-6H3/t25-,26-/m1/s1. The number of carbonyl (C=O) groups is 3. The third kappa shape index (κ3) is 13.6. The molecule has 6 heteroatoms. The van der Waals surface area contributed by atoms with E-state index in [1.54, 1.807) is 0 Å². The lowest BCUT2D eigenvalue weighted by Crippen LogP contribution is -2.21. The van der Waals surface area contributed by atoms with Gasteiger partial charge in [-0.3, -0.25) is 14.4 Å². The van der Waals surface area contributed by atoms with Crippen LogP contribution in [-0.4, -0.2) is 30.6 Å². The van der Waals surface area contributed by atoms with Crippen LogP contribution < -0.4 is 0 Å². The highest BCUT2D eigenvalue weighted by Gasteiger charge is 2.33. The molecule has 0 unspecified atom stereocenters. The molecule has 1 aliphatic rings. The van der Waals surface area contributed by atoms with Crippen LogP contribution >= 0.6 is 0 Å². The number of ether oxygens (including phenoxy) is 3. The molecule has 0 aromatic carbocycles. The van der Waals surface area contributed by atoms with Crippen LogP contribution in [0, 0.1) is 11.3 Å². The van der Waals surface area contributed by atoms with E-state index in [9.17, 15) is 14.4 Å². The predicted molar refractivity (Wildman–Crippen MR) is 134 cm³/mol. The van der Waals surface area contributed by atoms with Gasteiger partial charge in [-0.05, 0) is 56.9 Å². The zero-order valence-corrected chi connectivity index (χ0v) is 22.2. The van der Waals surface area contributed by atoms with Crippen LogP contribution in [0.15, 0.2) is 23.5 Å². The maximum Gasteiger partial charge on any atom is 0.307 e. The molecular weight excluding hydrogens is 432 g/mol. The fourth-order valence-corrected chi connectivity index (χ4v) is 4.43. The molecule has 34 heavy (non-hydrogen) atoms. The van der Waals surface area contributed by atoms with Gasteiger partial charge in [-0.15, -0.1) is 0 Å². The fourth-order valence-electron chi connectivity index (χ4n) is 4.43. The molecule has 1 saturated carbocycles. The summed E-state index contributed by atoms with van der Waals surface area (Å²) in [5, 5.41) is 0. The maximum atomic E-state index is 11.6. The van der Waals surface area contributed by atoms with Gasteiger partial charge in [0.15, 0.2) is 0 Å². The highest BCUT2D eigenvalue weighted by Crippen LogP contribution is 2.37. The second kappa shape index (κ2) is 15.7. The quantitative estimate of drug-likeness (QED) is 0.118. The van der Waals surface area contributed by atoms with Crippen molar-refractivity contribution in [3.05, 3.63) is 23.5 Å². The second-order valence-corrected chi connectivity index (χ2v) is 10.4. The zero-order valence-electron chi connectivity index (χ0n) is 22.2. The third-order valence-electron chi connectivity index (χ3n) is 6.02. The molecule has 2 atom stereocenters. The number of rotatable bonds is 14. The molecule has 0 aromatic heterocycles. The van der Waals surface area contributed by atoms with E-state index in [2.05, 4.69) is 26.8 Å². The van der Waals surface area contributed by atoms with Gasteiger partial charge in [-0.1, -0.05) is 51.7 Å². The van der Waals surface area contributed by atoms with Gasteiger partial charge in [0.2, 0.25) is 0 Å². The third-order valence-corrected chi connectivity index (χ3v) is 6.02. The van der Waals surface area contributed by atoms with Gasteiger partial charge in [0.1, 0.15) is 11.9 Å². The van der Waals surface area contributed by atoms with E-state index in [1.165, 1.54) is 19.4 Å². The average Bonchev–Trinajstić information content (AvgIpc) is 3.08. The summed E-state index contributed by atoms with van der Waals surface area (Å²) in [6.45, 7) is 11.8. The summed E-state index contributed by atoms with van der Waals surface area (Å²) in [5.41, 5.74) is 1.49. The molecule has 0 aromatic rings. The minimum Gasteiger partial charge on any atom is -0.466 e. The molecular formula is C28H46O6. The van der Waals surface area contributed by atoms with Crippen LogP contribution in [0.1, 0.15) is 112 Å². The summed E-state index contributed by atoms with van der Waals surface area (Å²) >= 11 is 0. The fraction of sp³-hybridized carbons (Fsp3) is 0.750. The summed E-state index contributed by atoms with van der Waals surface area (Å²) in [6.07, 6.45) is 13.6. The zero-order chi connectivity index (χ0) is 25.6. The van der Waals surface area contributed by atoms with Gasteiger partial charge in [0, 0.05) is 32.6 Å². The number of allylic oxidation sites excluding steroid dienone is 3. The average molecular weight is 479 g/mol. The summed E-state index contributed by atoms with van der Waals surface area (Å²) in [6, 6.07) is 0. The van der Waals surface area contributed by atoms with Gasteiger partial charge in [0.25, 0.3) is 0 Å². The van der Waals surface area contributed by atoms with Crippen molar-refractivity contribution in [1.82, 2.24) is 0 Å². The molecule has 1 fully saturated rings. The Bertz CT molecular complexity index is 713. The topological polar surface area (TPSA) is 78.9 Å². The Morgan fingerprint density at radius 3 is 2.29 bits per heavy atom. The lowest BCUT2D eigenvalue weighted by Gasteiger charge is -2.20. The number of hydrogen-bond donors (Lipinski definition) is 0. The van der Waals surface area contributed by atoms with Crippen molar-refractivity contribution in [2.75, 3.05) is 6.61 Å². The first-order valence-electron chi connectivity index (χ1n) is 12.9. The normalized spacial score (nSPS) is 19.8. The van der Waals surface area contributed by atoms with Gasteiger partial charge in [-0.2, -0.15) is 0 Å². The lowest BCUT2D eigenvalue weighted by molar-refractivity contribution is -0.148. The molecule has 0 N–H and O–H groups in total. The van der Waals surface area contributed by atoms with Gasteiger partial charge in [0.05, 0.1) is 6.61 Å². The smallest absolute Gasteiger partial charge is 0.307 e. The molecule has 0 saturated heterocycles. The largest absolute Gasteiger partial charge is 0.466 e. The van der Waals surface area contributed by atoms with Crippen LogP contribution in [0.2, 0.25) is 0 Å². The monoisotopic (exact) mass is 478 g/mol. The summed E-state index contributed by atoms with van der Waals surface area (Å²) < 4.78 is 16.1. The first kappa shape index (κ1) is 29.9. The van der Waals surface area contributed by atoms with Crippen molar-refractivity contribution in [3.63, 3.8) is 0 Å². The van der Waals surface area contributed by atoms with Gasteiger partial charge < -0.3 is 14.2 Å². The van der Waals surface area contributed by atoms with Crippen LogP contribution in [0.4, 0.5) is 0 Å². The predicted octanol–water partition coefficient (Wildman–Crippen LogP) is 6.82. The number of hydrogen-bond acceptors (Lipinski definition) is 6. The first-order valence-corrected chi connectivity index (χ1v) is 12.9. The lowest BCUT2D eigenvalue weighted by atomic mass is 9.89. The highest BCUT2D eigenvalue weighted by molar-refractivity contribution is 5.69. The molecule has 6 nitrogen and oxygen atoms in total. The van der Waals surface area contributed by atoms with Crippen molar-refractivity contribution in [3.8, 4) is 0 Å². The summed E-state index contributed by atoms with van der Waals surface area (Å²) in [4.78, 5) is 34.7. The van der Waals surface area contributed by atoms with Gasteiger partial charge >= 0.3 is 17.9 Å². The molecule has 0 heterocycles. The Morgan fingerprint density at radius 2 is 1.68 bits per heavy atom. The van der Waals surface area contributed by atoms with E-state index in [4.69, 9.17) is 14.2 Å². The van der Waals surface area contributed by atoms with Gasteiger partial charge in [-0.25, -0.2) is 0 Å². The number of esters is 3. The molecule has 0 bridgehead atoms. The number of carbonyl (C=O) groups excluding carboxylic acids is 3. The van der Waals surface area contributed by atoms with Crippen molar-refractivity contribution >= 4 is 17.9 Å². The molecule has 0 aliphatic heterocycles. The minimum atomic E-state index is -0.302. The molecule has 194 valence electrons. The Morgan fingerprint density at radius 1 is 0.971 bits per heavy atom. The van der Waals surface area contributed by atoms with Crippen LogP contribution in [0.25, 0.3) is 0 Å². The maximum absolute atomic E-state index is 11.6. The van der Waals surface area contributed by atoms with E-state index in [-0.39, 0.29) is 35.3 Å². The minimum absolute atomic E-state index is 0.102. The van der Waals surface area contributed by atoms with Crippen molar-refractivity contribution < 1.29 is 28.6 Å². The van der Waals surface area contributed by atoms with Crippen molar-refractivity contribution in [1.29, 1.82) is 0 Å². The highest BCUT2D eigenvalue weighted by atomic mass is 16.5. The van der Waals surface area contributed by atoms with E-state index in [1.807, 2.05) is 13.0 Å². The molecule has 0 radical (unpaired) electrons. The Kier molecular flexibility index (Phi) is 13.8. The van der Waals surface area contributed by atoms with E-state index in [0.29, 0.717) is 18.8 Å². The summed E-state index contributed by atoms with van der Waals surface area (Å²) in [5.74, 6) is 0.195. The first-order chi connectivity index (χ1) is 16.0. The van der Waals surface area contributed by atoms with Crippen molar-refractivity contribution in [2.24, 2.45) is 11.3 Å². The summed E-state index contributed by atoms with van der Waals surface area (Å²) in [7, 11) is 0. The second-order valence-electron chi connectivity index (χ2n) is 10.4. The Hall–Kier alpha value is -2.11. The van der Waals surface area contributed by atoms with E-state index >= 15 is 0 Å². The van der Waals surface area contributed by atoms with Crippen LogP contribution in [-0.2, 0) is 28.6 Å². The molecule has 0 spiro atoms. The molecule has 1 rings (SSSR count). The van der Waals surface area contributed by atoms with Crippen molar-refractivity contribution in [2.45, 2.75) is 118 Å². The van der Waals surface area contributed by atoms with E-state index in [0.717, 1.165) is 64.2 Å². The number of unbranched alkanes of at least 4 members (excludes halogenated alkanes) is 3. The van der Waals surface area contributed by atoms with Crippen LogP contribution in [0.5, 0.6) is 0 Å². The Labute approximate surface area is 206 Å². The molecule has 0 amide bonds. The van der Waals surface area contributed by atoms with E-state index < -0.39 is 0 Å². The van der Waals surface area contributed by atoms with Crippen LogP contribution in [0.3, 0.4) is 0 Å².